The summed E-state index contributed by atoms with van der Waals surface area (Å²) < 4.78 is 5.16. The van der Waals surface area contributed by atoms with Gasteiger partial charge in [0.05, 0.1) is 19.8 Å². The molecule has 1 rings (SSSR count). The van der Waals surface area contributed by atoms with Gasteiger partial charge in [0.1, 0.15) is 0 Å². The summed E-state index contributed by atoms with van der Waals surface area (Å²) in [6, 6.07) is 0.702. The Kier molecular flexibility index (Phi) is 5.35. The van der Waals surface area contributed by atoms with Gasteiger partial charge in [0.2, 0.25) is 0 Å². The quantitative estimate of drug-likeness (QED) is 0.604. The summed E-state index contributed by atoms with van der Waals surface area (Å²) in [4.78, 5) is 0. The van der Waals surface area contributed by atoms with Crippen molar-refractivity contribution in [1.29, 1.82) is 0 Å². The van der Waals surface area contributed by atoms with E-state index in [9.17, 15) is 0 Å². The summed E-state index contributed by atoms with van der Waals surface area (Å²) in [6.07, 6.45) is 3.97. The molecule has 0 saturated heterocycles. The van der Waals surface area contributed by atoms with E-state index in [-0.39, 0.29) is 6.61 Å². The monoisotopic (exact) mass is 187 g/mol. The molecule has 0 amide bonds. The molecule has 0 radical (unpaired) electrons. The van der Waals surface area contributed by atoms with Gasteiger partial charge in [-0.05, 0) is 25.2 Å². The lowest BCUT2D eigenvalue weighted by atomic mass is 10.1. The highest BCUT2D eigenvalue weighted by Gasteiger charge is 2.19. The van der Waals surface area contributed by atoms with Crippen LogP contribution in [0.25, 0.3) is 0 Å². The van der Waals surface area contributed by atoms with E-state index in [2.05, 4.69) is 12.2 Å². The molecule has 13 heavy (non-hydrogen) atoms. The fraction of sp³-hybridized carbons (Fsp3) is 1.00. The maximum absolute atomic E-state index is 8.47. The Hall–Kier alpha value is -0.120. The van der Waals surface area contributed by atoms with Gasteiger partial charge in [-0.25, -0.2) is 0 Å². The second kappa shape index (κ2) is 6.35. The number of nitrogens with one attached hydrogen (secondary N) is 1. The molecule has 2 N–H and O–H groups in total. The maximum Gasteiger partial charge on any atom is 0.0698 e. The second-order valence-corrected chi connectivity index (χ2v) is 3.91. The second-order valence-electron chi connectivity index (χ2n) is 3.91. The molecule has 1 saturated carbocycles. The van der Waals surface area contributed by atoms with Gasteiger partial charge in [-0.3, -0.25) is 0 Å². The van der Waals surface area contributed by atoms with Gasteiger partial charge in [0.25, 0.3) is 0 Å². The smallest absolute Gasteiger partial charge is 0.0698 e. The normalized spacial score (nSPS) is 28.2. The molecule has 0 aromatic rings. The molecule has 1 aliphatic carbocycles. The summed E-state index contributed by atoms with van der Waals surface area (Å²) in [5.41, 5.74) is 0. The molecule has 2 unspecified atom stereocenters. The molecule has 0 spiro atoms. The highest BCUT2D eigenvalue weighted by atomic mass is 16.5. The standard InChI is InChI=1S/C10H21NO2/c1-9-2-3-10(8-9)11-4-6-13-7-5-12/h9-12H,2-8H2,1H3. The summed E-state index contributed by atoms with van der Waals surface area (Å²) in [7, 11) is 0. The molecule has 0 aromatic carbocycles. The molecule has 2 atom stereocenters. The molecule has 0 heterocycles. The molecule has 0 aliphatic heterocycles. The van der Waals surface area contributed by atoms with Crippen molar-refractivity contribution < 1.29 is 9.84 Å². The van der Waals surface area contributed by atoms with Crippen LogP contribution >= 0.6 is 0 Å². The Balaban J connectivity index is 1.88. The van der Waals surface area contributed by atoms with Crippen LogP contribution in [-0.4, -0.2) is 37.5 Å². The van der Waals surface area contributed by atoms with E-state index in [0.717, 1.165) is 12.5 Å². The minimum atomic E-state index is 0.125. The van der Waals surface area contributed by atoms with Gasteiger partial charge in [-0.2, -0.15) is 0 Å². The summed E-state index contributed by atoms with van der Waals surface area (Å²) >= 11 is 0. The van der Waals surface area contributed by atoms with Gasteiger partial charge in [0, 0.05) is 12.6 Å². The lowest BCUT2D eigenvalue weighted by Crippen LogP contribution is -2.30. The number of ether oxygens (including phenoxy) is 1. The average Bonchev–Trinajstić information content (AvgIpc) is 2.51. The van der Waals surface area contributed by atoms with E-state index in [1.54, 1.807) is 0 Å². The van der Waals surface area contributed by atoms with Crippen LogP contribution in [-0.2, 0) is 4.74 Å². The summed E-state index contributed by atoms with van der Waals surface area (Å²) in [5.74, 6) is 0.885. The van der Waals surface area contributed by atoms with Crippen LogP contribution in [0.15, 0.2) is 0 Å². The molecule has 1 aliphatic rings. The van der Waals surface area contributed by atoms with E-state index in [4.69, 9.17) is 9.84 Å². The first-order valence-electron chi connectivity index (χ1n) is 5.25. The first-order chi connectivity index (χ1) is 6.33. The highest BCUT2D eigenvalue weighted by molar-refractivity contribution is 4.77. The van der Waals surface area contributed by atoms with Gasteiger partial charge >= 0.3 is 0 Å². The molecule has 3 heteroatoms. The Morgan fingerprint density at radius 3 is 2.85 bits per heavy atom. The zero-order valence-electron chi connectivity index (χ0n) is 8.46. The van der Waals surface area contributed by atoms with E-state index in [1.807, 2.05) is 0 Å². The molecule has 0 aromatic heterocycles. The van der Waals surface area contributed by atoms with Crippen molar-refractivity contribution >= 4 is 0 Å². The first-order valence-corrected chi connectivity index (χ1v) is 5.25. The zero-order chi connectivity index (χ0) is 9.52. The third-order valence-electron chi connectivity index (χ3n) is 2.61. The van der Waals surface area contributed by atoms with Crippen LogP contribution in [0, 0.1) is 5.92 Å². The third-order valence-corrected chi connectivity index (χ3v) is 2.61. The fourth-order valence-electron chi connectivity index (χ4n) is 1.89. The molecular formula is C10H21NO2. The van der Waals surface area contributed by atoms with Crippen molar-refractivity contribution in [1.82, 2.24) is 5.32 Å². The van der Waals surface area contributed by atoms with Crippen molar-refractivity contribution in [2.24, 2.45) is 5.92 Å². The minimum Gasteiger partial charge on any atom is -0.394 e. The van der Waals surface area contributed by atoms with E-state index < -0.39 is 0 Å². The van der Waals surface area contributed by atoms with Gasteiger partial charge < -0.3 is 15.2 Å². The van der Waals surface area contributed by atoms with Crippen molar-refractivity contribution in [2.75, 3.05) is 26.4 Å². The van der Waals surface area contributed by atoms with E-state index in [0.29, 0.717) is 19.3 Å². The molecule has 1 fully saturated rings. The maximum atomic E-state index is 8.47. The zero-order valence-corrected chi connectivity index (χ0v) is 8.46. The number of rotatable bonds is 6. The van der Waals surface area contributed by atoms with Crippen molar-refractivity contribution in [3.8, 4) is 0 Å². The largest absolute Gasteiger partial charge is 0.394 e. The van der Waals surface area contributed by atoms with Gasteiger partial charge in [-0.15, -0.1) is 0 Å². The number of hydrogen-bond acceptors (Lipinski definition) is 3. The Morgan fingerprint density at radius 2 is 2.23 bits per heavy atom. The van der Waals surface area contributed by atoms with Crippen LogP contribution in [0.2, 0.25) is 0 Å². The Labute approximate surface area is 80.5 Å². The molecule has 78 valence electrons. The first kappa shape index (κ1) is 11.0. The highest BCUT2D eigenvalue weighted by Crippen LogP contribution is 2.24. The van der Waals surface area contributed by atoms with E-state index >= 15 is 0 Å². The molecule has 0 bridgehead atoms. The SMILES string of the molecule is CC1CCC(NCCOCCO)C1. The predicted octanol–water partition coefficient (Wildman–Crippen LogP) is 0.773. The number of hydrogen-bond donors (Lipinski definition) is 2. The predicted molar refractivity (Wildman–Crippen MR) is 52.7 cm³/mol. The van der Waals surface area contributed by atoms with E-state index in [1.165, 1.54) is 19.3 Å². The number of aliphatic hydroxyl groups excluding tert-OH is 1. The topological polar surface area (TPSA) is 41.5 Å². The summed E-state index contributed by atoms with van der Waals surface area (Å²) in [6.45, 7) is 4.52. The van der Waals surface area contributed by atoms with Crippen molar-refractivity contribution in [2.45, 2.75) is 32.2 Å². The van der Waals surface area contributed by atoms with Crippen LogP contribution in [0.3, 0.4) is 0 Å². The summed E-state index contributed by atoms with van der Waals surface area (Å²) in [5, 5.41) is 11.9. The Morgan fingerprint density at radius 1 is 1.38 bits per heavy atom. The molecule has 3 nitrogen and oxygen atoms in total. The van der Waals surface area contributed by atoms with Crippen LogP contribution in [0.4, 0.5) is 0 Å². The lowest BCUT2D eigenvalue weighted by Gasteiger charge is -2.11. The fourth-order valence-corrected chi connectivity index (χ4v) is 1.89. The third kappa shape index (κ3) is 4.60. The van der Waals surface area contributed by atoms with Crippen molar-refractivity contribution in [3.63, 3.8) is 0 Å². The average molecular weight is 187 g/mol. The van der Waals surface area contributed by atoms with Crippen molar-refractivity contribution in [3.05, 3.63) is 0 Å². The van der Waals surface area contributed by atoms with Gasteiger partial charge in [-0.1, -0.05) is 6.92 Å². The van der Waals surface area contributed by atoms with Crippen LogP contribution < -0.4 is 5.32 Å². The Bertz CT molecular complexity index is 130. The minimum absolute atomic E-state index is 0.125. The van der Waals surface area contributed by atoms with Crippen LogP contribution in [0.5, 0.6) is 0 Å². The van der Waals surface area contributed by atoms with Gasteiger partial charge in [0.15, 0.2) is 0 Å². The van der Waals surface area contributed by atoms with Crippen LogP contribution in [0.1, 0.15) is 26.2 Å². The lowest BCUT2D eigenvalue weighted by molar-refractivity contribution is 0.0926. The molecular weight excluding hydrogens is 166 g/mol. The number of aliphatic hydroxyl groups is 1.